The van der Waals surface area contributed by atoms with Gasteiger partial charge < -0.3 is 15.4 Å². The van der Waals surface area contributed by atoms with Gasteiger partial charge in [0.25, 0.3) is 0 Å². The molecule has 1 aliphatic heterocycles. The summed E-state index contributed by atoms with van der Waals surface area (Å²) in [5.74, 6) is 0.0488. The second kappa shape index (κ2) is 9.03. The lowest BCUT2D eigenvalue weighted by atomic mass is 10.1. The molecular weight excluding hydrogens is 288 g/mol. The van der Waals surface area contributed by atoms with Crippen LogP contribution in [-0.2, 0) is 16.0 Å². The van der Waals surface area contributed by atoms with Gasteiger partial charge in [-0.1, -0.05) is 30.3 Å². The number of ether oxygens (including phenoxy) is 1. The van der Waals surface area contributed by atoms with Crippen molar-refractivity contribution in [1.29, 1.82) is 0 Å². The van der Waals surface area contributed by atoms with Crippen molar-refractivity contribution in [2.75, 3.05) is 19.7 Å². The fourth-order valence-electron chi connectivity index (χ4n) is 2.52. The van der Waals surface area contributed by atoms with E-state index in [4.69, 9.17) is 10.5 Å². The Morgan fingerprint density at radius 2 is 1.95 bits per heavy atom. The van der Waals surface area contributed by atoms with Crippen molar-refractivity contribution in [1.82, 2.24) is 4.90 Å². The van der Waals surface area contributed by atoms with Crippen molar-refractivity contribution >= 4 is 18.3 Å². The van der Waals surface area contributed by atoms with Crippen molar-refractivity contribution in [2.24, 2.45) is 5.73 Å². The van der Waals surface area contributed by atoms with Gasteiger partial charge in [-0.2, -0.15) is 0 Å². The predicted molar refractivity (Wildman–Crippen MR) is 86.6 cm³/mol. The van der Waals surface area contributed by atoms with Crippen LogP contribution in [0.2, 0.25) is 0 Å². The normalized spacial score (nSPS) is 17.1. The maximum Gasteiger partial charge on any atom is 0.239 e. The van der Waals surface area contributed by atoms with Crippen LogP contribution >= 0.6 is 12.4 Å². The van der Waals surface area contributed by atoms with E-state index in [9.17, 15) is 4.79 Å². The van der Waals surface area contributed by atoms with Gasteiger partial charge in [0.1, 0.15) is 0 Å². The van der Waals surface area contributed by atoms with E-state index in [0.29, 0.717) is 0 Å². The number of hydrogen-bond acceptors (Lipinski definition) is 3. The predicted octanol–water partition coefficient (Wildman–Crippen LogP) is 2.01. The first-order valence-corrected chi connectivity index (χ1v) is 7.36. The topological polar surface area (TPSA) is 55.6 Å². The number of hydrogen-bond donors (Lipinski definition) is 1. The Labute approximate surface area is 133 Å². The van der Waals surface area contributed by atoms with Crippen LogP contribution in [0.1, 0.15) is 25.3 Å². The van der Waals surface area contributed by atoms with E-state index in [-0.39, 0.29) is 24.4 Å². The molecule has 1 aromatic carbocycles. The number of amides is 1. The lowest BCUT2D eigenvalue weighted by Crippen LogP contribution is -2.47. The van der Waals surface area contributed by atoms with E-state index < -0.39 is 6.04 Å². The van der Waals surface area contributed by atoms with E-state index in [0.717, 1.165) is 39.0 Å². The van der Waals surface area contributed by atoms with E-state index in [1.54, 1.807) is 6.92 Å². The minimum absolute atomic E-state index is 0. The minimum Gasteiger partial charge on any atom is -0.378 e. The lowest BCUT2D eigenvalue weighted by molar-refractivity contribution is -0.134. The Hall–Kier alpha value is -1.10. The molecule has 0 radical (unpaired) electrons. The quantitative estimate of drug-likeness (QED) is 0.905. The molecule has 0 saturated carbocycles. The van der Waals surface area contributed by atoms with Crippen LogP contribution < -0.4 is 5.73 Å². The number of benzene rings is 1. The summed E-state index contributed by atoms with van der Waals surface area (Å²) in [5, 5.41) is 0. The third-order valence-electron chi connectivity index (χ3n) is 3.73. The molecule has 1 aliphatic rings. The molecule has 118 valence electrons. The Morgan fingerprint density at radius 1 is 1.33 bits per heavy atom. The highest BCUT2D eigenvalue weighted by Gasteiger charge is 2.24. The van der Waals surface area contributed by atoms with Gasteiger partial charge in [0.15, 0.2) is 0 Å². The largest absolute Gasteiger partial charge is 0.378 e. The van der Waals surface area contributed by atoms with Crippen LogP contribution in [0, 0.1) is 0 Å². The molecular formula is C16H25ClN2O2. The zero-order valence-electron chi connectivity index (χ0n) is 12.5. The number of likely N-dealkylation sites (tertiary alicyclic amines) is 1. The summed E-state index contributed by atoms with van der Waals surface area (Å²) in [5.41, 5.74) is 6.93. The molecule has 4 nitrogen and oxygen atoms in total. The Balaban J connectivity index is 0.00000220. The second-order valence-electron chi connectivity index (χ2n) is 5.42. The van der Waals surface area contributed by atoms with Crippen LogP contribution in [-0.4, -0.2) is 42.6 Å². The van der Waals surface area contributed by atoms with Gasteiger partial charge in [0.2, 0.25) is 5.91 Å². The van der Waals surface area contributed by atoms with Crippen molar-refractivity contribution < 1.29 is 9.53 Å². The summed E-state index contributed by atoms with van der Waals surface area (Å²) < 4.78 is 5.91. The first-order chi connectivity index (χ1) is 9.66. The van der Waals surface area contributed by atoms with Crippen molar-refractivity contribution in [3.05, 3.63) is 35.9 Å². The van der Waals surface area contributed by atoms with Gasteiger partial charge in [-0.25, -0.2) is 0 Å². The van der Waals surface area contributed by atoms with Crippen LogP contribution in [0.15, 0.2) is 30.3 Å². The average Bonchev–Trinajstić information content (AvgIpc) is 2.48. The zero-order valence-corrected chi connectivity index (χ0v) is 13.3. The van der Waals surface area contributed by atoms with Gasteiger partial charge in [-0.15, -0.1) is 12.4 Å². The summed E-state index contributed by atoms with van der Waals surface area (Å²) in [7, 11) is 0. The highest BCUT2D eigenvalue weighted by molar-refractivity contribution is 5.85. The molecule has 1 aromatic rings. The monoisotopic (exact) mass is 312 g/mol. The van der Waals surface area contributed by atoms with Gasteiger partial charge >= 0.3 is 0 Å². The number of carbonyl (C=O) groups excluding carboxylic acids is 1. The first-order valence-electron chi connectivity index (χ1n) is 7.36. The molecule has 1 heterocycles. The van der Waals surface area contributed by atoms with Crippen LogP contribution in [0.4, 0.5) is 0 Å². The fraction of sp³-hybridized carbons (Fsp3) is 0.562. The highest BCUT2D eigenvalue weighted by atomic mass is 35.5. The number of piperidine rings is 1. The van der Waals surface area contributed by atoms with Crippen LogP contribution in [0.25, 0.3) is 0 Å². The molecule has 5 heteroatoms. The van der Waals surface area contributed by atoms with Gasteiger partial charge in [-0.05, 0) is 31.7 Å². The van der Waals surface area contributed by atoms with E-state index >= 15 is 0 Å². The summed E-state index contributed by atoms with van der Waals surface area (Å²) in [6, 6.07) is 9.96. The van der Waals surface area contributed by atoms with Crippen molar-refractivity contribution in [2.45, 2.75) is 38.3 Å². The molecule has 0 spiro atoms. The van der Waals surface area contributed by atoms with E-state index in [1.165, 1.54) is 5.56 Å². The van der Waals surface area contributed by atoms with E-state index in [2.05, 4.69) is 12.1 Å². The Kier molecular flexibility index (Phi) is 7.72. The van der Waals surface area contributed by atoms with Crippen LogP contribution in [0.3, 0.4) is 0 Å². The first kappa shape index (κ1) is 18.0. The molecule has 1 atom stereocenters. The van der Waals surface area contributed by atoms with Crippen molar-refractivity contribution in [3.63, 3.8) is 0 Å². The number of carbonyl (C=O) groups is 1. The minimum atomic E-state index is -0.398. The molecule has 0 aromatic heterocycles. The van der Waals surface area contributed by atoms with Crippen LogP contribution in [0.5, 0.6) is 0 Å². The average molecular weight is 313 g/mol. The maximum atomic E-state index is 11.8. The Morgan fingerprint density at radius 3 is 2.52 bits per heavy atom. The smallest absolute Gasteiger partial charge is 0.239 e. The molecule has 0 aliphatic carbocycles. The number of nitrogens with two attached hydrogens (primary N) is 1. The molecule has 0 unspecified atom stereocenters. The van der Waals surface area contributed by atoms with E-state index in [1.807, 2.05) is 23.1 Å². The van der Waals surface area contributed by atoms with Gasteiger partial charge in [-0.3, -0.25) is 4.79 Å². The molecule has 1 saturated heterocycles. The third-order valence-corrected chi connectivity index (χ3v) is 3.73. The highest BCUT2D eigenvalue weighted by Crippen LogP contribution is 2.15. The fourth-order valence-corrected chi connectivity index (χ4v) is 2.52. The van der Waals surface area contributed by atoms with Gasteiger partial charge in [0.05, 0.1) is 18.8 Å². The summed E-state index contributed by atoms with van der Waals surface area (Å²) in [6.45, 7) is 4.01. The molecule has 0 bridgehead atoms. The second-order valence-corrected chi connectivity index (χ2v) is 5.42. The number of rotatable bonds is 5. The molecule has 1 amide bonds. The maximum absolute atomic E-state index is 11.8. The molecule has 21 heavy (non-hydrogen) atoms. The number of halogens is 1. The lowest BCUT2D eigenvalue weighted by Gasteiger charge is -2.32. The zero-order chi connectivity index (χ0) is 14.4. The summed E-state index contributed by atoms with van der Waals surface area (Å²) in [4.78, 5) is 13.6. The van der Waals surface area contributed by atoms with Crippen molar-refractivity contribution in [3.8, 4) is 0 Å². The Bertz CT molecular complexity index is 418. The molecule has 2 rings (SSSR count). The summed E-state index contributed by atoms with van der Waals surface area (Å²) >= 11 is 0. The number of nitrogens with zero attached hydrogens (tertiary/aromatic N) is 1. The third kappa shape index (κ3) is 5.65. The SMILES string of the molecule is C[C@H](N)C(=O)N1CCC(OCCc2ccccc2)CC1.Cl. The molecule has 1 fully saturated rings. The summed E-state index contributed by atoms with van der Waals surface area (Å²) in [6.07, 6.45) is 3.04. The van der Waals surface area contributed by atoms with Gasteiger partial charge in [0, 0.05) is 13.1 Å². The standard InChI is InChI=1S/C16H24N2O2.ClH/c1-13(17)16(19)18-10-7-15(8-11-18)20-12-9-14-5-3-2-4-6-14;/h2-6,13,15H,7-12,17H2,1H3;1H/t13-;/m0./s1. The molecule has 2 N–H and O–H groups in total.